The number of amides is 2. The highest BCUT2D eigenvalue weighted by molar-refractivity contribution is 5.79. The first-order valence-corrected chi connectivity index (χ1v) is 10.6. The van der Waals surface area contributed by atoms with E-state index in [0.717, 1.165) is 28.7 Å². The van der Waals surface area contributed by atoms with Crippen LogP contribution in [0.15, 0.2) is 48.5 Å². The molecule has 1 unspecified atom stereocenters. The summed E-state index contributed by atoms with van der Waals surface area (Å²) in [5.74, 6) is -1.84. The molecule has 1 aliphatic rings. The molecule has 2 amide bonds. The van der Waals surface area contributed by atoms with Crippen molar-refractivity contribution < 1.29 is 24.2 Å². The van der Waals surface area contributed by atoms with E-state index in [1.807, 2.05) is 31.2 Å². The summed E-state index contributed by atoms with van der Waals surface area (Å²) < 4.78 is 5.42. The number of nitrogens with one attached hydrogen (secondary N) is 2. The Labute approximate surface area is 181 Å². The van der Waals surface area contributed by atoms with E-state index in [2.05, 4.69) is 34.9 Å². The van der Waals surface area contributed by atoms with E-state index < -0.39 is 18.0 Å². The maximum absolute atomic E-state index is 12.1. The van der Waals surface area contributed by atoms with Crippen LogP contribution >= 0.6 is 0 Å². The highest BCUT2D eigenvalue weighted by atomic mass is 16.5. The molecular weight excluding hydrogens is 396 g/mol. The average molecular weight is 424 g/mol. The minimum atomic E-state index is -0.918. The molecule has 0 aromatic heterocycles. The Morgan fingerprint density at radius 1 is 1.00 bits per heavy atom. The number of rotatable bonds is 10. The van der Waals surface area contributed by atoms with Gasteiger partial charge in [-0.1, -0.05) is 61.9 Å². The molecule has 2 aromatic carbocycles. The monoisotopic (exact) mass is 424 g/mol. The lowest BCUT2D eigenvalue weighted by Gasteiger charge is -2.15. The van der Waals surface area contributed by atoms with Crippen LogP contribution in [0, 0.1) is 5.92 Å². The zero-order chi connectivity index (χ0) is 22.2. The van der Waals surface area contributed by atoms with Crippen molar-refractivity contribution in [2.75, 3.05) is 19.7 Å². The van der Waals surface area contributed by atoms with E-state index in [4.69, 9.17) is 9.84 Å². The normalized spacial score (nSPS) is 13.1. The molecule has 0 fully saturated rings. The van der Waals surface area contributed by atoms with E-state index in [1.165, 1.54) is 0 Å². The van der Waals surface area contributed by atoms with Gasteiger partial charge in [-0.05, 0) is 28.7 Å². The second kappa shape index (κ2) is 10.6. The average Bonchev–Trinajstić information content (AvgIpc) is 3.09. The van der Waals surface area contributed by atoms with Crippen LogP contribution in [-0.2, 0) is 14.3 Å². The van der Waals surface area contributed by atoms with Crippen LogP contribution < -0.4 is 10.6 Å². The molecule has 7 nitrogen and oxygen atoms in total. The van der Waals surface area contributed by atoms with Gasteiger partial charge in [-0.3, -0.25) is 9.59 Å². The number of carbonyl (C=O) groups excluding carboxylic acids is 2. The molecule has 0 aliphatic heterocycles. The third-order valence-corrected chi connectivity index (χ3v) is 5.50. The van der Waals surface area contributed by atoms with E-state index >= 15 is 0 Å². The summed E-state index contributed by atoms with van der Waals surface area (Å²) in [6.07, 6.45) is 0.718. The Hall–Kier alpha value is -3.35. The number of carboxylic acid groups (broad SMARTS) is 1. The van der Waals surface area contributed by atoms with Gasteiger partial charge in [-0.2, -0.15) is 0 Å². The van der Waals surface area contributed by atoms with Crippen molar-refractivity contribution in [3.05, 3.63) is 59.7 Å². The lowest BCUT2D eigenvalue weighted by atomic mass is 9.98. The third-order valence-electron chi connectivity index (χ3n) is 5.50. The van der Waals surface area contributed by atoms with E-state index in [0.29, 0.717) is 6.42 Å². The molecule has 0 heterocycles. The Morgan fingerprint density at radius 3 is 2.19 bits per heavy atom. The number of benzene rings is 2. The van der Waals surface area contributed by atoms with Gasteiger partial charge >= 0.3 is 12.1 Å². The van der Waals surface area contributed by atoms with Gasteiger partial charge in [0.05, 0.1) is 5.92 Å². The SMILES string of the molecule is CCCC(CNC(=O)CCNC(=O)OCC1c2ccccc2-c2ccccc21)C(=O)O. The van der Waals surface area contributed by atoms with Crippen molar-refractivity contribution in [2.45, 2.75) is 32.1 Å². The maximum atomic E-state index is 12.1. The van der Waals surface area contributed by atoms with E-state index in [1.54, 1.807) is 0 Å². The van der Waals surface area contributed by atoms with Crippen LogP contribution in [0.1, 0.15) is 43.2 Å². The second-order valence-electron chi connectivity index (χ2n) is 7.63. The summed E-state index contributed by atoms with van der Waals surface area (Å²) in [7, 11) is 0. The second-order valence-corrected chi connectivity index (χ2v) is 7.63. The number of alkyl carbamates (subject to hydrolysis) is 1. The van der Waals surface area contributed by atoms with Crippen molar-refractivity contribution in [1.82, 2.24) is 10.6 Å². The van der Waals surface area contributed by atoms with Crippen LogP contribution in [0.2, 0.25) is 0 Å². The van der Waals surface area contributed by atoms with Gasteiger partial charge in [0.25, 0.3) is 0 Å². The summed E-state index contributed by atoms with van der Waals surface area (Å²) in [6, 6.07) is 16.2. The summed E-state index contributed by atoms with van der Waals surface area (Å²) in [5, 5.41) is 14.3. The summed E-state index contributed by atoms with van der Waals surface area (Å²) in [6.45, 7) is 2.32. The van der Waals surface area contributed by atoms with Gasteiger partial charge in [0.15, 0.2) is 0 Å². The largest absolute Gasteiger partial charge is 0.481 e. The zero-order valence-electron chi connectivity index (χ0n) is 17.6. The first-order chi connectivity index (χ1) is 15.0. The van der Waals surface area contributed by atoms with Gasteiger partial charge in [-0.25, -0.2) is 4.79 Å². The van der Waals surface area contributed by atoms with Crippen LogP contribution in [0.4, 0.5) is 4.79 Å². The van der Waals surface area contributed by atoms with Gasteiger partial charge in [0.2, 0.25) is 5.91 Å². The van der Waals surface area contributed by atoms with Crippen LogP contribution in [0.3, 0.4) is 0 Å². The number of hydrogen-bond donors (Lipinski definition) is 3. The number of carboxylic acids is 1. The topological polar surface area (TPSA) is 105 Å². The summed E-state index contributed by atoms with van der Waals surface area (Å²) in [5.41, 5.74) is 4.59. The summed E-state index contributed by atoms with van der Waals surface area (Å²) >= 11 is 0. The lowest BCUT2D eigenvalue weighted by molar-refractivity contribution is -0.141. The lowest BCUT2D eigenvalue weighted by Crippen LogP contribution is -2.35. The van der Waals surface area contributed by atoms with Gasteiger partial charge < -0.3 is 20.5 Å². The molecule has 0 saturated carbocycles. The Kier molecular flexibility index (Phi) is 7.65. The predicted molar refractivity (Wildman–Crippen MR) is 117 cm³/mol. The molecule has 0 radical (unpaired) electrons. The maximum Gasteiger partial charge on any atom is 0.407 e. The highest BCUT2D eigenvalue weighted by Crippen LogP contribution is 2.44. The van der Waals surface area contributed by atoms with E-state index in [9.17, 15) is 14.4 Å². The minimum absolute atomic E-state index is 0.0204. The van der Waals surface area contributed by atoms with Gasteiger partial charge in [0, 0.05) is 25.4 Å². The highest BCUT2D eigenvalue weighted by Gasteiger charge is 2.29. The third kappa shape index (κ3) is 5.63. The molecule has 164 valence electrons. The first kappa shape index (κ1) is 22.3. The number of ether oxygens (including phenoxy) is 1. The molecular formula is C24H28N2O5. The van der Waals surface area contributed by atoms with Crippen LogP contribution in [0.25, 0.3) is 11.1 Å². The van der Waals surface area contributed by atoms with Crippen molar-refractivity contribution in [3.63, 3.8) is 0 Å². The van der Waals surface area contributed by atoms with Crippen molar-refractivity contribution in [3.8, 4) is 11.1 Å². The molecule has 3 N–H and O–H groups in total. The van der Waals surface area contributed by atoms with Gasteiger partial charge in [0.1, 0.15) is 6.61 Å². The molecule has 3 rings (SSSR count). The molecule has 1 aliphatic carbocycles. The van der Waals surface area contributed by atoms with Crippen molar-refractivity contribution >= 4 is 18.0 Å². The van der Waals surface area contributed by atoms with Crippen molar-refractivity contribution in [1.29, 1.82) is 0 Å². The fourth-order valence-corrected chi connectivity index (χ4v) is 3.91. The number of hydrogen-bond acceptors (Lipinski definition) is 4. The molecule has 1 atom stereocenters. The fourth-order valence-electron chi connectivity index (χ4n) is 3.91. The molecule has 2 aromatic rings. The quantitative estimate of drug-likeness (QED) is 0.541. The Bertz CT molecular complexity index is 898. The zero-order valence-corrected chi connectivity index (χ0v) is 17.6. The number of aliphatic carboxylic acids is 1. The van der Waals surface area contributed by atoms with E-state index in [-0.39, 0.29) is 37.9 Å². The molecule has 31 heavy (non-hydrogen) atoms. The van der Waals surface area contributed by atoms with Crippen molar-refractivity contribution in [2.24, 2.45) is 5.92 Å². The van der Waals surface area contributed by atoms with Crippen LogP contribution in [-0.4, -0.2) is 42.8 Å². The number of carbonyl (C=O) groups is 3. The molecule has 0 bridgehead atoms. The Morgan fingerprint density at radius 2 is 1.61 bits per heavy atom. The molecule has 0 saturated heterocycles. The standard InChI is InChI=1S/C24H28N2O5/c1-2-7-16(23(28)29)14-26-22(27)12-13-25-24(30)31-15-21-19-10-5-3-8-17(19)18-9-4-6-11-20(18)21/h3-6,8-11,16,21H,2,7,12-15H2,1H3,(H,25,30)(H,26,27)(H,28,29). The van der Waals surface area contributed by atoms with Crippen LogP contribution in [0.5, 0.6) is 0 Å². The summed E-state index contributed by atoms with van der Waals surface area (Å²) in [4.78, 5) is 35.1. The fraction of sp³-hybridized carbons (Fsp3) is 0.375. The Balaban J connectivity index is 1.43. The minimum Gasteiger partial charge on any atom is -0.481 e. The molecule has 7 heteroatoms. The van der Waals surface area contributed by atoms with Gasteiger partial charge in [-0.15, -0.1) is 0 Å². The molecule has 0 spiro atoms. The smallest absolute Gasteiger partial charge is 0.407 e. The number of fused-ring (bicyclic) bond motifs is 3. The first-order valence-electron chi connectivity index (χ1n) is 10.6. The predicted octanol–water partition coefficient (Wildman–Crippen LogP) is 3.53.